The molecule has 0 aliphatic carbocycles. The van der Waals surface area contributed by atoms with Gasteiger partial charge in [-0.05, 0) is 38.0 Å². The third-order valence-corrected chi connectivity index (χ3v) is 4.65. The first-order valence-corrected chi connectivity index (χ1v) is 12.1. The van der Waals surface area contributed by atoms with E-state index in [0.717, 1.165) is 12.8 Å². The van der Waals surface area contributed by atoms with Gasteiger partial charge in [-0.1, -0.05) is 84.3 Å². The molecule has 0 aromatic heterocycles. The van der Waals surface area contributed by atoms with Crippen LogP contribution in [0.15, 0.2) is 12.2 Å². The first-order valence-electron chi connectivity index (χ1n) is 10.7. The Hall–Kier alpha value is 0.0800. The van der Waals surface area contributed by atoms with Crippen molar-refractivity contribution in [2.75, 3.05) is 0 Å². The fourth-order valence-electron chi connectivity index (χ4n) is 3.00. The maximum atomic E-state index is 11.1. The summed E-state index contributed by atoms with van der Waals surface area (Å²) in [6.07, 6.45) is 20.9. The van der Waals surface area contributed by atoms with Crippen molar-refractivity contribution < 1.29 is 58.4 Å². The Morgan fingerprint density at radius 1 is 0.862 bits per heavy atom. The van der Waals surface area contributed by atoms with E-state index in [0.29, 0.717) is 0 Å². The number of aliphatic carboxylic acids is 1. The van der Waals surface area contributed by atoms with E-state index < -0.39 is 16.4 Å². The molecule has 0 radical (unpaired) electrons. The minimum absolute atomic E-state index is 0. The molecule has 170 valence electrons. The Morgan fingerprint density at radius 2 is 1.24 bits per heavy atom. The smallest absolute Gasteiger partial charge is 1.00 e. The minimum Gasteiger partial charge on any atom is -1.00 e. The van der Waals surface area contributed by atoms with Gasteiger partial charge in [-0.25, -0.2) is 0 Å². The van der Waals surface area contributed by atoms with Crippen molar-refractivity contribution in [2.24, 2.45) is 11.8 Å². The van der Waals surface area contributed by atoms with E-state index in [1.807, 2.05) is 13.8 Å². The van der Waals surface area contributed by atoms with Gasteiger partial charge in [-0.2, -0.15) is 8.42 Å². The van der Waals surface area contributed by atoms with Crippen molar-refractivity contribution in [3.63, 3.8) is 0 Å². The van der Waals surface area contributed by atoms with Gasteiger partial charge in [0, 0.05) is 0 Å². The van der Waals surface area contributed by atoms with Gasteiger partial charge in [0.25, 0.3) is 0 Å². The molecule has 0 saturated heterocycles. The molecule has 0 bridgehead atoms. The Kier molecular flexibility index (Phi) is 26.5. The van der Waals surface area contributed by atoms with E-state index in [1.54, 1.807) is 0 Å². The van der Waals surface area contributed by atoms with Gasteiger partial charge in [0.15, 0.2) is 0 Å². The molecule has 8 heteroatoms. The Morgan fingerprint density at radius 3 is 1.62 bits per heavy atom. The maximum Gasteiger partial charge on any atom is 1.00 e. The van der Waals surface area contributed by atoms with Crippen molar-refractivity contribution >= 4 is 16.4 Å². The van der Waals surface area contributed by atoms with Gasteiger partial charge in [-0.3, -0.25) is 13.9 Å². The van der Waals surface area contributed by atoms with Crippen LogP contribution in [0.5, 0.6) is 0 Å². The van der Waals surface area contributed by atoms with E-state index in [2.05, 4.69) is 19.1 Å². The zero-order chi connectivity index (χ0) is 21.8. The second-order valence-electron chi connectivity index (χ2n) is 7.66. The molecule has 1 atom stereocenters. The molecule has 0 aliphatic heterocycles. The molecule has 6 nitrogen and oxygen atoms in total. The van der Waals surface area contributed by atoms with Crippen LogP contribution in [0.2, 0.25) is 0 Å². The third kappa shape index (κ3) is 32.9. The SMILES string of the molecule is CCCCCCCC/C=C\CCCCCCC(C(=O)O)C(C)C.O=S(=O)(O)O.[H-].[Na+]. The summed E-state index contributed by atoms with van der Waals surface area (Å²) in [6.45, 7) is 6.28. The number of carbonyl (C=O) groups is 1. The Labute approximate surface area is 202 Å². The van der Waals surface area contributed by atoms with Crippen LogP contribution in [0.25, 0.3) is 0 Å². The Balaban J connectivity index is -0.000000429. The van der Waals surface area contributed by atoms with Gasteiger partial charge in [0.2, 0.25) is 0 Å². The first-order chi connectivity index (χ1) is 13.1. The number of rotatable bonds is 16. The van der Waals surface area contributed by atoms with E-state index in [-0.39, 0.29) is 42.8 Å². The summed E-state index contributed by atoms with van der Waals surface area (Å²) in [5.41, 5.74) is 0. The van der Waals surface area contributed by atoms with E-state index >= 15 is 0 Å². The fraction of sp³-hybridized carbons (Fsp3) is 0.857. The van der Waals surface area contributed by atoms with Crippen LogP contribution in [0.1, 0.15) is 106 Å². The average Bonchev–Trinajstić information content (AvgIpc) is 2.56. The van der Waals surface area contributed by atoms with Crippen LogP contribution in [0.4, 0.5) is 0 Å². The average molecular weight is 447 g/mol. The molecule has 0 aromatic carbocycles. The molecule has 0 saturated carbocycles. The predicted molar refractivity (Wildman–Crippen MR) is 116 cm³/mol. The standard InChI is InChI=1S/C21H40O2.Na.H2O4S.H/c1-4-5-6-7-8-9-10-11-12-13-14-15-16-17-18-20(19(2)3)21(22)23;;1-5(2,3)4;/h11-12,19-20H,4-10,13-18H2,1-3H3,(H,22,23);;(H2,1,2,3,4);/q;+1;;-1/b12-11-;;;. The van der Waals surface area contributed by atoms with E-state index in [9.17, 15) is 4.79 Å². The van der Waals surface area contributed by atoms with Gasteiger partial charge < -0.3 is 6.53 Å². The van der Waals surface area contributed by atoms with Crippen molar-refractivity contribution in [1.82, 2.24) is 0 Å². The molecule has 0 aliphatic rings. The van der Waals surface area contributed by atoms with Crippen LogP contribution < -0.4 is 29.6 Å². The van der Waals surface area contributed by atoms with Crippen LogP contribution in [0, 0.1) is 11.8 Å². The van der Waals surface area contributed by atoms with Crippen molar-refractivity contribution in [3.05, 3.63) is 12.2 Å². The van der Waals surface area contributed by atoms with Crippen LogP contribution in [-0.4, -0.2) is 28.6 Å². The zero-order valence-electron chi connectivity index (χ0n) is 20.0. The maximum absolute atomic E-state index is 11.1. The summed E-state index contributed by atoms with van der Waals surface area (Å²) in [6, 6.07) is 0. The monoisotopic (exact) mass is 446 g/mol. The molecule has 0 amide bonds. The van der Waals surface area contributed by atoms with Gasteiger partial charge in [-0.15, -0.1) is 0 Å². The summed E-state index contributed by atoms with van der Waals surface area (Å²) in [5, 5.41) is 9.14. The van der Waals surface area contributed by atoms with Crippen molar-refractivity contribution in [1.29, 1.82) is 0 Å². The number of carboxylic acid groups (broad SMARTS) is 1. The molecular formula is C21H43NaO6S. The molecule has 0 spiro atoms. The minimum atomic E-state index is -4.67. The predicted octanol–water partition coefficient (Wildman–Crippen LogP) is 3.45. The summed E-state index contributed by atoms with van der Waals surface area (Å²) < 4.78 is 31.6. The Bertz CT molecular complexity index is 490. The molecule has 1 unspecified atom stereocenters. The van der Waals surface area contributed by atoms with Gasteiger partial charge in [0.05, 0.1) is 5.92 Å². The van der Waals surface area contributed by atoms with Crippen molar-refractivity contribution in [3.8, 4) is 0 Å². The number of unbranched alkanes of at least 4 members (excludes halogenated alkanes) is 10. The molecule has 0 rings (SSSR count). The fourth-order valence-corrected chi connectivity index (χ4v) is 3.00. The summed E-state index contributed by atoms with van der Waals surface area (Å²) >= 11 is 0. The molecule has 3 N–H and O–H groups in total. The number of carboxylic acids is 1. The molecular weight excluding hydrogens is 403 g/mol. The largest absolute Gasteiger partial charge is 1.00 e. The zero-order valence-corrected chi connectivity index (χ0v) is 21.8. The summed E-state index contributed by atoms with van der Waals surface area (Å²) in [5.74, 6) is -0.540. The second-order valence-corrected chi connectivity index (χ2v) is 8.55. The number of allylic oxidation sites excluding steroid dienone is 2. The van der Waals surface area contributed by atoms with E-state index in [4.69, 9.17) is 22.6 Å². The quantitative estimate of drug-likeness (QED) is 0.145. The molecule has 0 aromatic rings. The topological polar surface area (TPSA) is 112 Å². The first kappa shape index (κ1) is 33.7. The van der Waals surface area contributed by atoms with Crippen LogP contribution >= 0.6 is 0 Å². The van der Waals surface area contributed by atoms with Crippen molar-refractivity contribution in [2.45, 2.75) is 104 Å². The molecule has 0 heterocycles. The van der Waals surface area contributed by atoms with E-state index in [1.165, 1.54) is 70.6 Å². The third-order valence-electron chi connectivity index (χ3n) is 4.65. The summed E-state index contributed by atoms with van der Waals surface area (Å²) in [4.78, 5) is 11.1. The summed E-state index contributed by atoms with van der Waals surface area (Å²) in [7, 11) is -4.67. The number of hydrogen-bond acceptors (Lipinski definition) is 3. The van der Waals surface area contributed by atoms with Gasteiger partial charge in [0.1, 0.15) is 0 Å². The molecule has 0 fully saturated rings. The number of hydrogen-bond donors (Lipinski definition) is 3. The second kappa shape index (κ2) is 22.8. The normalized spacial score (nSPS) is 12.3. The van der Waals surface area contributed by atoms with Crippen LogP contribution in [-0.2, 0) is 15.2 Å². The van der Waals surface area contributed by atoms with Crippen LogP contribution in [0.3, 0.4) is 0 Å². The van der Waals surface area contributed by atoms with Gasteiger partial charge >= 0.3 is 45.9 Å². The molecule has 29 heavy (non-hydrogen) atoms.